The number of hydrogen-bond donors (Lipinski definition) is 1. The van der Waals surface area contributed by atoms with Gasteiger partial charge in [0, 0.05) is 7.05 Å². The molecular formula is C24H34N2O6S. The summed E-state index contributed by atoms with van der Waals surface area (Å²) in [5, 5.41) is 2.99. The van der Waals surface area contributed by atoms with Gasteiger partial charge in [-0.1, -0.05) is 13.0 Å². The van der Waals surface area contributed by atoms with E-state index in [9.17, 15) is 13.2 Å². The van der Waals surface area contributed by atoms with E-state index in [1.54, 1.807) is 24.3 Å². The number of carbonyl (C=O) groups excluding carboxylic acids is 1. The Morgan fingerprint density at radius 3 is 2.15 bits per heavy atom. The van der Waals surface area contributed by atoms with Crippen molar-refractivity contribution in [1.82, 2.24) is 5.32 Å². The van der Waals surface area contributed by atoms with E-state index in [-0.39, 0.29) is 11.9 Å². The van der Waals surface area contributed by atoms with Crippen LogP contribution in [0.2, 0.25) is 0 Å². The lowest BCUT2D eigenvalue weighted by atomic mass is 10.1. The third-order valence-corrected chi connectivity index (χ3v) is 6.27. The normalized spacial score (nSPS) is 13.0. The van der Waals surface area contributed by atoms with Crippen LogP contribution >= 0.6 is 0 Å². The van der Waals surface area contributed by atoms with Crippen molar-refractivity contribution in [3.8, 4) is 17.2 Å². The molecule has 0 aliphatic heterocycles. The molecule has 0 spiro atoms. The van der Waals surface area contributed by atoms with E-state index < -0.39 is 16.1 Å². The highest BCUT2D eigenvalue weighted by molar-refractivity contribution is 7.92. The van der Waals surface area contributed by atoms with Crippen LogP contribution in [0.3, 0.4) is 0 Å². The van der Waals surface area contributed by atoms with Crippen molar-refractivity contribution in [2.45, 2.75) is 46.3 Å². The smallest absolute Gasteiger partial charge is 0.261 e. The minimum Gasteiger partial charge on any atom is -0.490 e. The molecule has 0 aliphatic rings. The molecule has 0 radical (unpaired) electrons. The van der Waals surface area contributed by atoms with E-state index >= 15 is 0 Å². The maximum Gasteiger partial charge on any atom is 0.261 e. The van der Waals surface area contributed by atoms with Crippen LogP contribution in [0.5, 0.6) is 17.2 Å². The molecular weight excluding hydrogens is 444 g/mol. The van der Waals surface area contributed by atoms with Crippen LogP contribution in [-0.4, -0.2) is 46.9 Å². The van der Waals surface area contributed by atoms with Gasteiger partial charge in [-0.25, -0.2) is 8.42 Å². The molecule has 2 atom stereocenters. The molecule has 0 unspecified atom stereocenters. The molecule has 0 aromatic heterocycles. The maximum atomic E-state index is 12.9. The van der Waals surface area contributed by atoms with Crippen LogP contribution in [-0.2, 0) is 14.8 Å². The second-order valence-corrected chi connectivity index (χ2v) is 9.56. The van der Waals surface area contributed by atoms with Gasteiger partial charge in [0.15, 0.2) is 17.6 Å². The van der Waals surface area contributed by atoms with Crippen LogP contribution in [0.15, 0.2) is 42.5 Å². The van der Waals surface area contributed by atoms with Crippen molar-refractivity contribution >= 4 is 21.6 Å². The standard InChI is InChI=1S/C24H34N2O6S/c1-7-21(32-20-13-11-19(12-14-20)26(5)33(6,28)29)24(27)25-17(4)18-10-15-22(30-8-2)23(16-18)31-9-3/h10-17,21H,7-9H2,1-6H3,(H,25,27)/t17-,21+/m0/s1. The molecule has 1 N–H and O–H groups in total. The average molecular weight is 479 g/mol. The molecule has 2 rings (SSSR count). The fourth-order valence-corrected chi connectivity index (χ4v) is 3.64. The Balaban J connectivity index is 2.07. The fourth-order valence-electron chi connectivity index (χ4n) is 3.14. The molecule has 2 aromatic carbocycles. The van der Waals surface area contributed by atoms with E-state index in [0.717, 1.165) is 11.8 Å². The Hall–Kier alpha value is -2.94. The highest BCUT2D eigenvalue weighted by Crippen LogP contribution is 2.31. The molecule has 33 heavy (non-hydrogen) atoms. The summed E-state index contributed by atoms with van der Waals surface area (Å²) in [6, 6.07) is 11.9. The first-order valence-electron chi connectivity index (χ1n) is 11.0. The van der Waals surface area contributed by atoms with Gasteiger partial charge in [0.1, 0.15) is 5.75 Å². The largest absolute Gasteiger partial charge is 0.490 e. The zero-order valence-corrected chi connectivity index (χ0v) is 20.9. The van der Waals surface area contributed by atoms with Crippen LogP contribution in [0.25, 0.3) is 0 Å². The van der Waals surface area contributed by atoms with E-state index in [1.807, 2.05) is 45.9 Å². The van der Waals surface area contributed by atoms with Gasteiger partial charge in [-0.2, -0.15) is 0 Å². The van der Waals surface area contributed by atoms with Gasteiger partial charge in [0.05, 0.1) is 31.2 Å². The molecule has 9 heteroatoms. The Kier molecular flexibility index (Phi) is 9.40. The van der Waals surface area contributed by atoms with Gasteiger partial charge < -0.3 is 19.5 Å². The van der Waals surface area contributed by atoms with Crippen molar-refractivity contribution in [3.63, 3.8) is 0 Å². The lowest BCUT2D eigenvalue weighted by molar-refractivity contribution is -0.128. The topological polar surface area (TPSA) is 94.2 Å². The van der Waals surface area contributed by atoms with Gasteiger partial charge in [-0.05, 0) is 69.2 Å². The molecule has 2 aromatic rings. The lowest BCUT2D eigenvalue weighted by Crippen LogP contribution is -2.39. The second kappa shape index (κ2) is 11.8. The molecule has 0 bridgehead atoms. The summed E-state index contributed by atoms with van der Waals surface area (Å²) in [5.74, 6) is 1.55. The molecule has 0 aliphatic carbocycles. The Bertz CT molecular complexity index is 1020. The average Bonchev–Trinajstić information content (AvgIpc) is 2.78. The molecule has 182 valence electrons. The number of ether oxygens (including phenoxy) is 3. The quantitative estimate of drug-likeness (QED) is 0.497. The van der Waals surface area contributed by atoms with E-state index in [1.165, 1.54) is 11.4 Å². The zero-order valence-electron chi connectivity index (χ0n) is 20.1. The molecule has 0 fully saturated rings. The number of amides is 1. The van der Waals surface area contributed by atoms with Gasteiger partial charge >= 0.3 is 0 Å². The monoisotopic (exact) mass is 478 g/mol. The van der Waals surface area contributed by atoms with Crippen molar-refractivity contribution in [1.29, 1.82) is 0 Å². The summed E-state index contributed by atoms with van der Waals surface area (Å²) in [4.78, 5) is 12.9. The van der Waals surface area contributed by atoms with Gasteiger partial charge in [0.25, 0.3) is 5.91 Å². The van der Waals surface area contributed by atoms with Crippen molar-refractivity contribution in [3.05, 3.63) is 48.0 Å². The summed E-state index contributed by atoms with van der Waals surface area (Å²) in [6.45, 7) is 8.62. The molecule has 0 heterocycles. The third kappa shape index (κ3) is 7.28. The third-order valence-electron chi connectivity index (χ3n) is 5.07. The number of rotatable bonds is 12. The predicted octanol–water partition coefficient (Wildman–Crippen LogP) is 3.91. The summed E-state index contributed by atoms with van der Waals surface area (Å²) >= 11 is 0. The Morgan fingerprint density at radius 2 is 1.61 bits per heavy atom. The van der Waals surface area contributed by atoms with Crippen LogP contribution in [0.4, 0.5) is 5.69 Å². The van der Waals surface area contributed by atoms with Gasteiger partial charge in [0.2, 0.25) is 10.0 Å². The molecule has 8 nitrogen and oxygen atoms in total. The summed E-state index contributed by atoms with van der Waals surface area (Å²) < 4.78 is 41.7. The number of nitrogens with zero attached hydrogens (tertiary/aromatic N) is 1. The number of anilines is 1. The second-order valence-electron chi connectivity index (χ2n) is 7.54. The zero-order chi connectivity index (χ0) is 24.6. The first kappa shape index (κ1) is 26.3. The molecule has 1 amide bonds. The van der Waals surface area contributed by atoms with Crippen molar-refractivity contribution < 1.29 is 27.4 Å². The van der Waals surface area contributed by atoms with E-state index in [4.69, 9.17) is 14.2 Å². The minimum absolute atomic E-state index is 0.242. The SMILES string of the molecule is CCOc1ccc([C@H](C)NC(=O)[C@@H](CC)Oc2ccc(N(C)S(C)(=O)=O)cc2)cc1OCC. The van der Waals surface area contributed by atoms with Crippen LogP contribution < -0.4 is 23.8 Å². The van der Waals surface area contributed by atoms with E-state index in [0.29, 0.717) is 42.6 Å². The van der Waals surface area contributed by atoms with Crippen LogP contribution in [0, 0.1) is 0 Å². The molecule has 0 saturated heterocycles. The summed E-state index contributed by atoms with van der Waals surface area (Å²) in [7, 11) is -1.87. The molecule has 0 saturated carbocycles. The van der Waals surface area contributed by atoms with Gasteiger partial charge in [-0.15, -0.1) is 0 Å². The highest BCUT2D eigenvalue weighted by Gasteiger charge is 2.22. The fraction of sp³-hybridized carbons (Fsp3) is 0.458. The van der Waals surface area contributed by atoms with Crippen molar-refractivity contribution in [2.24, 2.45) is 0 Å². The maximum absolute atomic E-state index is 12.9. The van der Waals surface area contributed by atoms with E-state index in [2.05, 4.69) is 5.32 Å². The first-order chi connectivity index (χ1) is 15.6. The number of carbonyl (C=O) groups is 1. The number of sulfonamides is 1. The van der Waals surface area contributed by atoms with Crippen molar-refractivity contribution in [2.75, 3.05) is 30.8 Å². The Morgan fingerprint density at radius 1 is 1.00 bits per heavy atom. The first-order valence-corrected chi connectivity index (χ1v) is 12.9. The van der Waals surface area contributed by atoms with Crippen LogP contribution in [0.1, 0.15) is 45.7 Å². The highest BCUT2D eigenvalue weighted by atomic mass is 32.2. The summed E-state index contributed by atoms with van der Waals surface area (Å²) in [5.41, 5.74) is 1.40. The number of hydrogen-bond acceptors (Lipinski definition) is 6. The number of benzene rings is 2. The lowest BCUT2D eigenvalue weighted by Gasteiger charge is -2.22. The predicted molar refractivity (Wildman–Crippen MR) is 130 cm³/mol. The summed E-state index contributed by atoms with van der Waals surface area (Å²) in [6.07, 6.45) is 0.911. The minimum atomic E-state index is -3.35. The number of nitrogens with one attached hydrogen (secondary N) is 1. The Labute approximate surface area is 196 Å². The van der Waals surface area contributed by atoms with Gasteiger partial charge in [-0.3, -0.25) is 9.10 Å².